The lowest BCUT2D eigenvalue weighted by molar-refractivity contribution is -0.160. The van der Waals surface area contributed by atoms with E-state index in [2.05, 4.69) is 11.6 Å². The van der Waals surface area contributed by atoms with Gasteiger partial charge in [-0.2, -0.15) is 0 Å². The zero-order valence-corrected chi connectivity index (χ0v) is 10.9. The van der Waals surface area contributed by atoms with Gasteiger partial charge in [-0.3, -0.25) is 14.6 Å². The summed E-state index contributed by atoms with van der Waals surface area (Å²) in [5, 5.41) is 0. The molecule has 19 heavy (non-hydrogen) atoms. The minimum atomic E-state index is -1.59. The molecule has 0 aliphatic heterocycles. The van der Waals surface area contributed by atoms with Gasteiger partial charge in [-0.1, -0.05) is 12.6 Å². The number of aromatic nitrogens is 1. The highest BCUT2D eigenvalue weighted by molar-refractivity contribution is 6.10. The molecule has 0 amide bonds. The Labute approximate surface area is 111 Å². The van der Waals surface area contributed by atoms with Crippen LogP contribution in [0.4, 0.5) is 0 Å². The Bertz CT molecular complexity index is 534. The first-order valence-electron chi connectivity index (χ1n) is 5.88. The van der Waals surface area contributed by atoms with Gasteiger partial charge in [0.2, 0.25) is 5.41 Å². The predicted molar refractivity (Wildman–Crippen MR) is 67.4 cm³/mol. The van der Waals surface area contributed by atoms with Crippen LogP contribution >= 0.6 is 0 Å². The number of pyridine rings is 1. The zero-order chi connectivity index (χ0) is 14.0. The summed E-state index contributed by atoms with van der Waals surface area (Å²) in [4.78, 5) is 28.7. The molecule has 0 N–H and O–H groups in total. The fourth-order valence-corrected chi connectivity index (χ4v) is 2.52. The molecular formula is C14H15NO4. The molecule has 0 unspecified atom stereocenters. The molecule has 0 atom stereocenters. The third-order valence-electron chi connectivity index (χ3n) is 3.47. The summed E-state index contributed by atoms with van der Waals surface area (Å²) < 4.78 is 9.63. The van der Waals surface area contributed by atoms with Crippen LogP contribution in [0.2, 0.25) is 0 Å². The molecule has 0 spiro atoms. The smallest absolute Gasteiger partial charge is 0.332 e. The molecule has 0 bridgehead atoms. The Morgan fingerprint density at radius 3 is 2.47 bits per heavy atom. The third kappa shape index (κ3) is 1.73. The maximum atomic E-state index is 12.3. The van der Waals surface area contributed by atoms with Crippen LogP contribution in [-0.2, 0) is 30.9 Å². The lowest BCUT2D eigenvalue weighted by Crippen LogP contribution is -2.49. The number of carbonyl (C=O) groups is 2. The predicted octanol–water partition coefficient (Wildman–Crippen LogP) is 1.17. The lowest BCUT2D eigenvalue weighted by Gasteiger charge is -2.35. The summed E-state index contributed by atoms with van der Waals surface area (Å²) in [6.07, 6.45) is 2.77. The summed E-state index contributed by atoms with van der Waals surface area (Å²) in [5.74, 6) is -1.36. The monoisotopic (exact) mass is 261 g/mol. The molecule has 0 fully saturated rings. The highest BCUT2D eigenvalue weighted by Crippen LogP contribution is 2.41. The maximum absolute atomic E-state index is 12.3. The molecule has 5 heteroatoms. The molecule has 0 radical (unpaired) electrons. The normalized spacial score (nSPS) is 16.4. The molecule has 1 aromatic rings. The number of carbonyl (C=O) groups excluding carboxylic acids is 2. The van der Waals surface area contributed by atoms with E-state index in [9.17, 15) is 9.59 Å². The van der Waals surface area contributed by atoms with E-state index in [1.165, 1.54) is 14.2 Å². The van der Waals surface area contributed by atoms with E-state index in [0.717, 1.165) is 0 Å². The Kier molecular flexibility index (Phi) is 3.38. The van der Waals surface area contributed by atoms with Crippen LogP contribution in [0.15, 0.2) is 30.5 Å². The van der Waals surface area contributed by atoms with Crippen molar-refractivity contribution >= 4 is 11.9 Å². The molecule has 0 saturated carbocycles. The van der Waals surface area contributed by atoms with E-state index >= 15 is 0 Å². The van der Waals surface area contributed by atoms with Gasteiger partial charge in [0.15, 0.2) is 0 Å². The van der Waals surface area contributed by atoms with Crippen molar-refractivity contribution in [2.45, 2.75) is 18.3 Å². The van der Waals surface area contributed by atoms with Crippen molar-refractivity contribution in [3.8, 4) is 0 Å². The van der Waals surface area contributed by atoms with Crippen LogP contribution in [0.25, 0.3) is 0 Å². The molecule has 0 aromatic carbocycles. The highest BCUT2D eigenvalue weighted by Gasteiger charge is 2.55. The number of rotatable bonds is 2. The quantitative estimate of drug-likeness (QED) is 0.454. The van der Waals surface area contributed by atoms with Crippen LogP contribution in [-0.4, -0.2) is 31.1 Å². The van der Waals surface area contributed by atoms with Crippen LogP contribution < -0.4 is 0 Å². The molecule has 1 aliphatic rings. The number of methoxy groups -OCH3 is 2. The zero-order valence-electron chi connectivity index (χ0n) is 10.9. The maximum Gasteiger partial charge on any atom is 0.332 e. The number of nitrogens with zero attached hydrogens (tertiary/aromatic N) is 1. The van der Waals surface area contributed by atoms with Crippen molar-refractivity contribution in [2.75, 3.05) is 14.2 Å². The fourth-order valence-electron chi connectivity index (χ4n) is 2.52. The van der Waals surface area contributed by atoms with Gasteiger partial charge in [-0.15, -0.1) is 0 Å². The Morgan fingerprint density at radius 2 is 1.89 bits per heavy atom. The average molecular weight is 261 g/mol. The number of hydrogen-bond donors (Lipinski definition) is 0. The van der Waals surface area contributed by atoms with Crippen molar-refractivity contribution in [3.05, 3.63) is 41.7 Å². The van der Waals surface area contributed by atoms with E-state index < -0.39 is 17.4 Å². The summed E-state index contributed by atoms with van der Waals surface area (Å²) in [6, 6.07) is 3.37. The van der Waals surface area contributed by atoms with Crippen molar-refractivity contribution in [3.63, 3.8) is 0 Å². The summed E-state index contributed by atoms with van der Waals surface area (Å²) in [5.41, 5.74) is 0.0908. The second-order valence-corrected chi connectivity index (χ2v) is 4.33. The summed E-state index contributed by atoms with van der Waals surface area (Å²) >= 11 is 0. The van der Waals surface area contributed by atoms with Crippen LogP contribution in [0.5, 0.6) is 0 Å². The Balaban J connectivity index is 2.74. The van der Waals surface area contributed by atoms with Crippen LogP contribution in [0, 0.1) is 0 Å². The second kappa shape index (κ2) is 4.84. The first-order valence-corrected chi connectivity index (χ1v) is 5.88. The number of ether oxygens (including phenoxy) is 2. The van der Waals surface area contributed by atoms with Gasteiger partial charge in [0.25, 0.3) is 0 Å². The van der Waals surface area contributed by atoms with Crippen LogP contribution in [0.3, 0.4) is 0 Å². The fraction of sp³-hybridized carbons (Fsp3) is 0.357. The molecule has 2 rings (SSSR count). The number of aryl methyl sites for hydroxylation is 1. The van der Waals surface area contributed by atoms with Gasteiger partial charge in [0.05, 0.1) is 14.2 Å². The van der Waals surface area contributed by atoms with Gasteiger partial charge >= 0.3 is 11.9 Å². The number of esters is 2. The van der Waals surface area contributed by atoms with E-state index in [1.807, 2.05) is 0 Å². The van der Waals surface area contributed by atoms with E-state index in [1.54, 1.807) is 18.3 Å². The van der Waals surface area contributed by atoms with E-state index in [4.69, 9.17) is 9.47 Å². The van der Waals surface area contributed by atoms with E-state index in [0.29, 0.717) is 29.7 Å². The topological polar surface area (TPSA) is 65.5 Å². The minimum Gasteiger partial charge on any atom is -0.468 e. The van der Waals surface area contributed by atoms with Gasteiger partial charge in [0, 0.05) is 17.5 Å². The first kappa shape index (κ1) is 13.3. The molecule has 1 aromatic heterocycles. The SMILES string of the molecule is C=C1CCc2ncccc2C1(C(=O)OC)C(=O)OC. The molecule has 1 aliphatic carbocycles. The van der Waals surface area contributed by atoms with Gasteiger partial charge in [0.1, 0.15) is 0 Å². The number of hydrogen-bond acceptors (Lipinski definition) is 5. The van der Waals surface area contributed by atoms with Crippen molar-refractivity contribution in [2.24, 2.45) is 0 Å². The molecule has 100 valence electrons. The van der Waals surface area contributed by atoms with Gasteiger partial charge in [-0.25, -0.2) is 0 Å². The summed E-state index contributed by atoms with van der Waals surface area (Å²) in [7, 11) is 2.48. The molecular weight excluding hydrogens is 246 g/mol. The van der Waals surface area contributed by atoms with Gasteiger partial charge < -0.3 is 9.47 Å². The van der Waals surface area contributed by atoms with Crippen molar-refractivity contribution < 1.29 is 19.1 Å². The molecule has 0 saturated heterocycles. The largest absolute Gasteiger partial charge is 0.468 e. The number of fused-ring (bicyclic) bond motifs is 1. The lowest BCUT2D eigenvalue weighted by atomic mass is 9.68. The van der Waals surface area contributed by atoms with Crippen LogP contribution in [0.1, 0.15) is 17.7 Å². The average Bonchev–Trinajstić information content (AvgIpc) is 2.46. The molecule has 5 nitrogen and oxygen atoms in total. The second-order valence-electron chi connectivity index (χ2n) is 4.33. The van der Waals surface area contributed by atoms with E-state index in [-0.39, 0.29) is 0 Å². The highest BCUT2D eigenvalue weighted by atomic mass is 16.5. The van der Waals surface area contributed by atoms with Crippen molar-refractivity contribution in [1.82, 2.24) is 4.98 Å². The Hall–Kier alpha value is -2.17. The molecule has 1 heterocycles. The third-order valence-corrected chi connectivity index (χ3v) is 3.47. The summed E-state index contributed by atoms with van der Waals surface area (Å²) in [6.45, 7) is 3.88. The van der Waals surface area contributed by atoms with Crippen molar-refractivity contribution in [1.29, 1.82) is 0 Å². The minimum absolute atomic E-state index is 0.478. The Morgan fingerprint density at radius 1 is 1.26 bits per heavy atom. The first-order chi connectivity index (χ1) is 9.08. The van der Waals surface area contributed by atoms with Gasteiger partial charge in [-0.05, 0) is 24.5 Å². The standard InChI is InChI=1S/C14H15NO4/c1-9-6-7-11-10(5-4-8-15-11)14(9,12(16)18-2)13(17)19-3/h4-5,8H,1,6-7H2,2-3H3.